The highest BCUT2D eigenvalue weighted by atomic mass is 19.1. The largest absolute Gasteiger partial charge is 0.393 e. The Labute approximate surface area is 209 Å². The van der Waals surface area contributed by atoms with Crippen LogP contribution >= 0.6 is 0 Å². The molecule has 2 aliphatic rings. The van der Waals surface area contributed by atoms with Crippen LogP contribution < -0.4 is 5.32 Å². The number of aliphatic hydroxyl groups is 1. The number of aromatic nitrogens is 5. The minimum absolute atomic E-state index is 0.0687. The molecule has 0 bridgehead atoms. The lowest BCUT2D eigenvalue weighted by Crippen LogP contribution is -2.30. The zero-order valence-electron chi connectivity index (χ0n) is 20.3. The van der Waals surface area contributed by atoms with Gasteiger partial charge in [0.05, 0.1) is 43.3 Å². The number of aliphatic hydroxyl groups excluding tert-OH is 1. The van der Waals surface area contributed by atoms with Crippen LogP contribution in [0.25, 0.3) is 16.6 Å². The van der Waals surface area contributed by atoms with Crippen molar-refractivity contribution in [2.45, 2.75) is 63.1 Å². The molecule has 0 spiro atoms. The normalized spacial score (nSPS) is 21.4. The molecular weight excluding hydrogens is 459 g/mol. The summed E-state index contributed by atoms with van der Waals surface area (Å²) in [6.45, 7) is 3.46. The van der Waals surface area contributed by atoms with E-state index in [4.69, 9.17) is 9.84 Å². The van der Waals surface area contributed by atoms with E-state index >= 15 is 0 Å². The van der Waals surface area contributed by atoms with Crippen molar-refractivity contribution in [3.8, 4) is 11.1 Å². The average molecular weight is 491 g/mol. The SMILES string of the molecule is CC(Cc1ccc(F)cc1)Nc1ncc2c(-c3cnn(C4COC4)c3)cc([C@H]3CC[C@H](O)CC3)n2n1. The van der Waals surface area contributed by atoms with Crippen LogP contribution in [0.3, 0.4) is 0 Å². The monoisotopic (exact) mass is 490 g/mol. The standard InChI is InChI=1S/C27H31FN6O2/c1-17(10-18-2-6-21(28)7-3-18)31-27-29-13-26-24(20-12-30-33(14-20)22-15-36-16-22)11-25(34(26)32-27)19-4-8-23(35)9-5-19/h2-3,6-7,11-14,17,19,22-23,35H,4-5,8-10,15-16H2,1H3,(H,31,32)/t17?,19-,23-. The van der Waals surface area contributed by atoms with Crippen molar-refractivity contribution in [2.24, 2.45) is 0 Å². The summed E-state index contributed by atoms with van der Waals surface area (Å²) in [5, 5.41) is 22.9. The summed E-state index contributed by atoms with van der Waals surface area (Å²) < 4.78 is 22.6. The van der Waals surface area contributed by atoms with Gasteiger partial charge in [-0.15, -0.1) is 5.10 Å². The summed E-state index contributed by atoms with van der Waals surface area (Å²) in [7, 11) is 0. The predicted molar refractivity (Wildman–Crippen MR) is 134 cm³/mol. The molecule has 9 heteroatoms. The van der Waals surface area contributed by atoms with Crippen LogP contribution in [-0.2, 0) is 11.2 Å². The van der Waals surface area contributed by atoms with Crippen molar-refractivity contribution in [2.75, 3.05) is 18.5 Å². The number of nitrogens with one attached hydrogen (secondary N) is 1. The van der Waals surface area contributed by atoms with E-state index in [0.29, 0.717) is 31.1 Å². The molecule has 6 rings (SSSR count). The van der Waals surface area contributed by atoms with E-state index in [1.54, 1.807) is 12.1 Å². The summed E-state index contributed by atoms with van der Waals surface area (Å²) in [5.74, 6) is 0.647. The molecular formula is C27H31FN6O2. The number of fused-ring (bicyclic) bond motifs is 1. The molecule has 4 aromatic rings. The van der Waals surface area contributed by atoms with Gasteiger partial charge in [-0.1, -0.05) is 12.1 Å². The van der Waals surface area contributed by atoms with Gasteiger partial charge in [0.2, 0.25) is 5.95 Å². The van der Waals surface area contributed by atoms with Crippen LogP contribution in [0.1, 0.15) is 55.8 Å². The van der Waals surface area contributed by atoms with Gasteiger partial charge in [0.15, 0.2) is 0 Å². The summed E-state index contributed by atoms with van der Waals surface area (Å²) in [6, 6.07) is 9.17. The molecule has 0 amide bonds. The Hall–Kier alpha value is -3.30. The number of anilines is 1. The number of nitrogens with zero attached hydrogens (tertiary/aromatic N) is 5. The van der Waals surface area contributed by atoms with Crippen LogP contribution in [0, 0.1) is 5.82 Å². The zero-order chi connectivity index (χ0) is 24.6. The number of rotatable bonds is 7. The lowest BCUT2D eigenvalue weighted by atomic mass is 9.85. The van der Waals surface area contributed by atoms with E-state index in [0.717, 1.165) is 60.0 Å². The third-order valence-electron chi connectivity index (χ3n) is 7.40. The molecule has 4 heterocycles. The third-order valence-corrected chi connectivity index (χ3v) is 7.40. The first-order chi connectivity index (χ1) is 17.5. The van der Waals surface area contributed by atoms with Gasteiger partial charge in [0, 0.05) is 35.0 Å². The molecule has 188 valence electrons. The number of ether oxygens (including phenoxy) is 1. The maximum Gasteiger partial charge on any atom is 0.241 e. The molecule has 36 heavy (non-hydrogen) atoms. The Morgan fingerprint density at radius 1 is 1.14 bits per heavy atom. The van der Waals surface area contributed by atoms with E-state index in [2.05, 4.69) is 34.6 Å². The number of halogens is 1. The third kappa shape index (κ3) is 4.60. The van der Waals surface area contributed by atoms with Gasteiger partial charge in [0.25, 0.3) is 0 Å². The molecule has 8 nitrogen and oxygen atoms in total. The molecule has 1 saturated heterocycles. The summed E-state index contributed by atoms with van der Waals surface area (Å²) in [5.41, 5.74) is 5.24. The fourth-order valence-corrected chi connectivity index (χ4v) is 5.27. The second kappa shape index (κ2) is 9.63. The molecule has 1 aliphatic carbocycles. The van der Waals surface area contributed by atoms with Crippen LogP contribution in [0.4, 0.5) is 10.3 Å². The smallest absolute Gasteiger partial charge is 0.241 e. The van der Waals surface area contributed by atoms with Crippen LogP contribution in [0.2, 0.25) is 0 Å². The van der Waals surface area contributed by atoms with Gasteiger partial charge in [-0.25, -0.2) is 13.9 Å². The Balaban J connectivity index is 1.31. The van der Waals surface area contributed by atoms with Gasteiger partial charge in [0.1, 0.15) is 5.82 Å². The van der Waals surface area contributed by atoms with E-state index in [1.807, 2.05) is 21.6 Å². The van der Waals surface area contributed by atoms with E-state index in [1.165, 1.54) is 12.1 Å². The van der Waals surface area contributed by atoms with Crippen molar-refractivity contribution in [1.82, 2.24) is 24.4 Å². The Kier molecular flexibility index (Phi) is 6.18. The predicted octanol–water partition coefficient (Wildman–Crippen LogP) is 4.36. The molecule has 3 aromatic heterocycles. The Morgan fingerprint density at radius 3 is 2.64 bits per heavy atom. The quantitative estimate of drug-likeness (QED) is 0.400. The van der Waals surface area contributed by atoms with E-state index in [-0.39, 0.29) is 18.0 Å². The highest BCUT2D eigenvalue weighted by Crippen LogP contribution is 2.38. The van der Waals surface area contributed by atoms with E-state index in [9.17, 15) is 9.50 Å². The van der Waals surface area contributed by atoms with Gasteiger partial charge in [-0.3, -0.25) is 4.68 Å². The van der Waals surface area contributed by atoms with Gasteiger partial charge in [-0.2, -0.15) is 5.10 Å². The first-order valence-corrected chi connectivity index (χ1v) is 12.7. The lowest BCUT2D eigenvalue weighted by molar-refractivity contribution is -0.0286. The summed E-state index contributed by atoms with van der Waals surface area (Å²) >= 11 is 0. The van der Waals surface area contributed by atoms with Gasteiger partial charge in [-0.05, 0) is 62.8 Å². The second-order valence-corrected chi connectivity index (χ2v) is 10.1. The van der Waals surface area contributed by atoms with Crippen LogP contribution in [0.15, 0.2) is 48.9 Å². The Bertz CT molecular complexity index is 1340. The van der Waals surface area contributed by atoms with Crippen molar-refractivity contribution in [3.63, 3.8) is 0 Å². The van der Waals surface area contributed by atoms with Gasteiger partial charge < -0.3 is 15.2 Å². The molecule has 1 atom stereocenters. The fraction of sp³-hybridized carbons (Fsp3) is 0.444. The summed E-state index contributed by atoms with van der Waals surface area (Å²) in [4.78, 5) is 4.64. The zero-order valence-corrected chi connectivity index (χ0v) is 20.3. The highest BCUT2D eigenvalue weighted by Gasteiger charge is 2.27. The summed E-state index contributed by atoms with van der Waals surface area (Å²) in [6.07, 6.45) is 9.84. The maximum absolute atomic E-state index is 13.3. The average Bonchev–Trinajstić information content (AvgIpc) is 3.45. The van der Waals surface area contributed by atoms with Crippen molar-refractivity contribution < 1.29 is 14.2 Å². The van der Waals surface area contributed by atoms with Crippen molar-refractivity contribution in [3.05, 3.63) is 66.0 Å². The molecule has 0 radical (unpaired) electrons. The minimum Gasteiger partial charge on any atom is -0.393 e. The van der Waals surface area contributed by atoms with Gasteiger partial charge >= 0.3 is 0 Å². The number of hydrogen-bond acceptors (Lipinski definition) is 6. The van der Waals surface area contributed by atoms with E-state index < -0.39 is 0 Å². The van der Waals surface area contributed by atoms with Crippen molar-refractivity contribution in [1.29, 1.82) is 0 Å². The maximum atomic E-state index is 13.3. The number of hydrogen-bond donors (Lipinski definition) is 2. The first kappa shape index (κ1) is 23.1. The molecule has 1 aromatic carbocycles. The topological polar surface area (TPSA) is 89.5 Å². The first-order valence-electron chi connectivity index (χ1n) is 12.7. The second-order valence-electron chi connectivity index (χ2n) is 10.1. The van der Waals surface area contributed by atoms with Crippen LogP contribution in [-0.4, -0.2) is 54.8 Å². The fourth-order valence-electron chi connectivity index (χ4n) is 5.27. The molecule has 2 fully saturated rings. The van der Waals surface area contributed by atoms with Crippen LogP contribution in [0.5, 0.6) is 0 Å². The molecule has 1 unspecified atom stereocenters. The number of benzene rings is 1. The molecule has 1 aliphatic heterocycles. The molecule has 1 saturated carbocycles. The Morgan fingerprint density at radius 2 is 1.92 bits per heavy atom. The lowest BCUT2D eigenvalue weighted by Gasteiger charge is -2.25. The van der Waals surface area contributed by atoms with Crippen molar-refractivity contribution >= 4 is 11.5 Å². The highest BCUT2D eigenvalue weighted by molar-refractivity contribution is 5.81. The molecule has 2 N–H and O–H groups in total. The minimum atomic E-state index is -0.231.